The van der Waals surface area contributed by atoms with E-state index in [1.54, 1.807) is 6.92 Å². The van der Waals surface area contributed by atoms with Gasteiger partial charge in [0.2, 0.25) is 0 Å². The Morgan fingerprint density at radius 2 is 2.08 bits per heavy atom. The van der Waals surface area contributed by atoms with E-state index in [0.29, 0.717) is 0 Å². The third-order valence-electron chi connectivity index (χ3n) is 1.64. The van der Waals surface area contributed by atoms with Gasteiger partial charge in [-0.25, -0.2) is 4.79 Å². The maximum absolute atomic E-state index is 11.2. The summed E-state index contributed by atoms with van der Waals surface area (Å²) in [7, 11) is 1.20. The molecule has 0 rings (SSSR count). The number of rotatable bonds is 4. The molecule has 0 saturated carbocycles. The van der Waals surface area contributed by atoms with Crippen molar-refractivity contribution >= 4 is 11.9 Å². The first-order chi connectivity index (χ1) is 6.02. The second-order valence-corrected chi connectivity index (χ2v) is 2.67. The van der Waals surface area contributed by atoms with E-state index in [0.717, 1.165) is 0 Å². The van der Waals surface area contributed by atoms with Crippen LogP contribution >= 0.6 is 0 Å². The number of alkyl carbamates (subject to hydrolysis) is 1. The number of ether oxygens (including phenoxy) is 1. The van der Waals surface area contributed by atoms with Gasteiger partial charge >= 0.3 is 6.09 Å². The van der Waals surface area contributed by atoms with Crippen LogP contribution in [0.25, 0.3) is 0 Å². The van der Waals surface area contributed by atoms with Crippen molar-refractivity contribution in [2.75, 3.05) is 7.11 Å². The van der Waals surface area contributed by atoms with E-state index in [2.05, 4.69) is 10.1 Å². The monoisotopic (exact) mass is 189 g/mol. The number of carbonyl (C=O) groups is 2. The maximum atomic E-state index is 11.2. The fraction of sp³-hybridized carbons (Fsp3) is 0.750. The lowest BCUT2D eigenvalue weighted by molar-refractivity contribution is -0.122. The highest BCUT2D eigenvalue weighted by molar-refractivity contribution is 5.87. The van der Waals surface area contributed by atoms with Crippen LogP contribution in [-0.2, 0) is 9.53 Å². The highest BCUT2D eigenvalue weighted by Gasteiger charge is 2.23. The van der Waals surface area contributed by atoms with Gasteiger partial charge in [0.05, 0.1) is 13.2 Å². The number of carbonyl (C=O) groups excluding carboxylic acids is 2. The summed E-state index contributed by atoms with van der Waals surface area (Å²) in [4.78, 5) is 21.9. The van der Waals surface area contributed by atoms with Crippen LogP contribution in [0.5, 0.6) is 0 Å². The van der Waals surface area contributed by atoms with Gasteiger partial charge in [-0.15, -0.1) is 0 Å². The number of ketones is 1. The predicted molar refractivity (Wildman–Crippen MR) is 46.3 cm³/mol. The first-order valence-electron chi connectivity index (χ1n) is 4.08. The van der Waals surface area contributed by atoms with Gasteiger partial charge in [0.15, 0.2) is 5.78 Å². The van der Waals surface area contributed by atoms with E-state index in [1.165, 1.54) is 14.0 Å². The number of Topliss-reactive ketones (excluding diaryl/α,β-unsaturated/α-hetero) is 1. The van der Waals surface area contributed by atoms with Crippen LogP contribution < -0.4 is 5.32 Å². The van der Waals surface area contributed by atoms with Crippen molar-refractivity contribution in [1.82, 2.24) is 5.32 Å². The minimum atomic E-state index is -0.911. The number of hydrogen-bond acceptors (Lipinski definition) is 4. The quantitative estimate of drug-likeness (QED) is 0.656. The van der Waals surface area contributed by atoms with Gasteiger partial charge < -0.3 is 15.2 Å². The molecule has 0 spiro atoms. The van der Waals surface area contributed by atoms with Crippen molar-refractivity contribution in [2.24, 2.45) is 0 Å². The summed E-state index contributed by atoms with van der Waals surface area (Å²) in [5.41, 5.74) is 0. The van der Waals surface area contributed by atoms with Crippen LogP contribution in [0.1, 0.15) is 20.3 Å². The van der Waals surface area contributed by atoms with E-state index < -0.39 is 18.2 Å². The van der Waals surface area contributed by atoms with E-state index in [9.17, 15) is 9.59 Å². The van der Waals surface area contributed by atoms with Gasteiger partial charge in [-0.3, -0.25) is 4.79 Å². The second-order valence-electron chi connectivity index (χ2n) is 2.67. The lowest BCUT2D eigenvalue weighted by Crippen LogP contribution is -2.47. The molecule has 0 aromatic rings. The second kappa shape index (κ2) is 5.53. The molecule has 0 radical (unpaired) electrons. The number of hydrogen-bond donors (Lipinski definition) is 2. The van der Waals surface area contributed by atoms with Crippen molar-refractivity contribution < 1.29 is 19.4 Å². The standard InChI is InChI=1S/C8H15NO4/c1-4-6(11)7(5(2)10)9-8(12)13-3/h5,7,10H,4H2,1-3H3,(H,9,12)/t5-,7+/m1/s1. The molecular weight excluding hydrogens is 174 g/mol. The normalized spacial score (nSPS) is 14.5. The molecular formula is C8H15NO4. The van der Waals surface area contributed by atoms with Crippen LogP contribution in [0.2, 0.25) is 0 Å². The van der Waals surface area contributed by atoms with Gasteiger partial charge in [-0.05, 0) is 6.92 Å². The van der Waals surface area contributed by atoms with Crippen molar-refractivity contribution in [3.63, 3.8) is 0 Å². The molecule has 0 aliphatic rings. The van der Waals surface area contributed by atoms with Crippen LogP contribution in [0.4, 0.5) is 4.79 Å². The maximum Gasteiger partial charge on any atom is 0.407 e. The Morgan fingerprint density at radius 3 is 2.38 bits per heavy atom. The van der Waals surface area contributed by atoms with Crippen LogP contribution in [-0.4, -0.2) is 36.2 Å². The van der Waals surface area contributed by atoms with Gasteiger partial charge in [0.1, 0.15) is 6.04 Å². The Balaban J connectivity index is 4.26. The summed E-state index contributed by atoms with van der Waals surface area (Å²) in [6.45, 7) is 3.10. The van der Waals surface area contributed by atoms with E-state index in [4.69, 9.17) is 5.11 Å². The number of aliphatic hydroxyl groups excluding tert-OH is 1. The lowest BCUT2D eigenvalue weighted by atomic mass is 10.1. The lowest BCUT2D eigenvalue weighted by Gasteiger charge is -2.18. The predicted octanol–water partition coefficient (Wildman–Crippen LogP) is 0.0709. The molecule has 0 aromatic heterocycles. The summed E-state index contributed by atoms with van der Waals surface area (Å²) < 4.78 is 4.31. The third-order valence-corrected chi connectivity index (χ3v) is 1.64. The molecule has 13 heavy (non-hydrogen) atoms. The fourth-order valence-electron chi connectivity index (χ4n) is 0.876. The highest BCUT2D eigenvalue weighted by atomic mass is 16.5. The Kier molecular flexibility index (Phi) is 5.06. The Morgan fingerprint density at radius 1 is 1.54 bits per heavy atom. The highest BCUT2D eigenvalue weighted by Crippen LogP contribution is 1.98. The molecule has 2 N–H and O–H groups in total. The van der Waals surface area contributed by atoms with Crippen LogP contribution in [0.3, 0.4) is 0 Å². The minimum Gasteiger partial charge on any atom is -0.453 e. The molecule has 0 bridgehead atoms. The van der Waals surface area contributed by atoms with Crippen molar-refractivity contribution in [1.29, 1.82) is 0 Å². The van der Waals surface area contributed by atoms with Crippen LogP contribution in [0.15, 0.2) is 0 Å². The van der Waals surface area contributed by atoms with Crippen molar-refractivity contribution in [2.45, 2.75) is 32.4 Å². The molecule has 1 amide bonds. The SMILES string of the molecule is CCC(=O)[C@@H](NC(=O)OC)[C@@H](C)O. The zero-order chi connectivity index (χ0) is 10.4. The summed E-state index contributed by atoms with van der Waals surface area (Å²) in [6, 6.07) is -0.877. The van der Waals surface area contributed by atoms with Gasteiger partial charge in [-0.1, -0.05) is 6.92 Å². The van der Waals surface area contributed by atoms with E-state index in [-0.39, 0.29) is 12.2 Å². The molecule has 2 atom stereocenters. The summed E-state index contributed by atoms with van der Waals surface area (Å²) >= 11 is 0. The summed E-state index contributed by atoms with van der Waals surface area (Å²) in [6.07, 6.45) is -1.36. The number of nitrogens with one attached hydrogen (secondary N) is 1. The van der Waals surface area contributed by atoms with Crippen molar-refractivity contribution in [3.8, 4) is 0 Å². The molecule has 5 nitrogen and oxygen atoms in total. The Hall–Kier alpha value is -1.10. The average Bonchev–Trinajstić information content (AvgIpc) is 2.11. The smallest absolute Gasteiger partial charge is 0.407 e. The van der Waals surface area contributed by atoms with Gasteiger partial charge in [-0.2, -0.15) is 0 Å². The molecule has 0 aromatic carbocycles. The van der Waals surface area contributed by atoms with Gasteiger partial charge in [0.25, 0.3) is 0 Å². The Labute approximate surface area is 77.1 Å². The summed E-state index contributed by atoms with van der Waals surface area (Å²) in [5, 5.41) is 11.4. The average molecular weight is 189 g/mol. The first-order valence-corrected chi connectivity index (χ1v) is 4.08. The Bertz CT molecular complexity index is 191. The fourth-order valence-corrected chi connectivity index (χ4v) is 0.876. The number of aliphatic hydroxyl groups is 1. The largest absolute Gasteiger partial charge is 0.453 e. The molecule has 0 aliphatic carbocycles. The zero-order valence-electron chi connectivity index (χ0n) is 8.03. The molecule has 0 unspecified atom stereocenters. The summed E-state index contributed by atoms with van der Waals surface area (Å²) in [5.74, 6) is -0.222. The minimum absolute atomic E-state index is 0.222. The van der Waals surface area contributed by atoms with Crippen LogP contribution in [0, 0.1) is 0 Å². The van der Waals surface area contributed by atoms with E-state index in [1.807, 2.05) is 0 Å². The molecule has 76 valence electrons. The molecule has 0 saturated heterocycles. The number of methoxy groups -OCH3 is 1. The first kappa shape index (κ1) is 11.9. The number of amides is 1. The third kappa shape index (κ3) is 3.89. The molecule has 0 aliphatic heterocycles. The van der Waals surface area contributed by atoms with Gasteiger partial charge in [0, 0.05) is 6.42 Å². The molecule has 0 heterocycles. The van der Waals surface area contributed by atoms with E-state index >= 15 is 0 Å². The molecule has 0 fully saturated rings. The molecule has 5 heteroatoms. The zero-order valence-corrected chi connectivity index (χ0v) is 8.03. The van der Waals surface area contributed by atoms with Crippen molar-refractivity contribution in [3.05, 3.63) is 0 Å². The topological polar surface area (TPSA) is 75.6 Å².